The average Bonchev–Trinajstić information content (AvgIpc) is 2.83. The normalized spacial score (nSPS) is 18.0. The van der Waals surface area contributed by atoms with Gasteiger partial charge < -0.3 is 13.9 Å². The molecule has 1 fully saturated rings. The second kappa shape index (κ2) is 4.80. The molecular formula is C14H10O6. The monoisotopic (exact) mass is 274 g/mol. The first kappa shape index (κ1) is 12.4. The first-order valence-electron chi connectivity index (χ1n) is 6.05. The maximum atomic E-state index is 11.9. The molecule has 6 nitrogen and oxygen atoms in total. The lowest BCUT2D eigenvalue weighted by Gasteiger charge is -2.07. The lowest BCUT2D eigenvalue weighted by molar-refractivity contribution is -0.145. The number of hydrogen-bond acceptors (Lipinski definition) is 6. The molecule has 102 valence electrons. The number of carbonyl (C=O) groups excluding carboxylic acids is 2. The summed E-state index contributed by atoms with van der Waals surface area (Å²) in [5.41, 5.74) is -0.641. The fourth-order valence-corrected chi connectivity index (χ4v) is 1.98. The Morgan fingerprint density at radius 2 is 2.05 bits per heavy atom. The number of fused-ring (bicyclic) bond motifs is 1. The Morgan fingerprint density at radius 1 is 1.25 bits per heavy atom. The van der Waals surface area contributed by atoms with Gasteiger partial charge in [-0.25, -0.2) is 14.4 Å². The molecule has 1 saturated heterocycles. The maximum absolute atomic E-state index is 11.9. The van der Waals surface area contributed by atoms with Crippen molar-refractivity contribution in [3.63, 3.8) is 0 Å². The van der Waals surface area contributed by atoms with E-state index in [2.05, 4.69) is 4.74 Å². The summed E-state index contributed by atoms with van der Waals surface area (Å²) >= 11 is 0. The van der Waals surface area contributed by atoms with Crippen LogP contribution in [0.15, 0.2) is 39.5 Å². The molecule has 2 aromatic rings. The summed E-state index contributed by atoms with van der Waals surface area (Å²) in [6.45, 7) is 0.211. The molecule has 0 spiro atoms. The van der Waals surface area contributed by atoms with Crippen molar-refractivity contribution in [3.8, 4) is 0 Å². The highest BCUT2D eigenvalue weighted by atomic mass is 16.6. The minimum absolute atomic E-state index is 0.211. The van der Waals surface area contributed by atoms with E-state index in [0.717, 1.165) is 0 Å². The minimum atomic E-state index is -0.951. The number of cyclic esters (lactones) is 1. The third-order valence-corrected chi connectivity index (χ3v) is 3.00. The van der Waals surface area contributed by atoms with Gasteiger partial charge in [0, 0.05) is 11.8 Å². The van der Waals surface area contributed by atoms with Crippen molar-refractivity contribution in [2.45, 2.75) is 12.5 Å². The highest BCUT2D eigenvalue weighted by Gasteiger charge is 2.31. The van der Waals surface area contributed by atoms with Crippen molar-refractivity contribution in [3.05, 3.63) is 46.3 Å². The molecule has 0 saturated carbocycles. The van der Waals surface area contributed by atoms with Gasteiger partial charge in [0.2, 0.25) is 6.10 Å². The van der Waals surface area contributed by atoms with Crippen LogP contribution < -0.4 is 5.63 Å². The Morgan fingerprint density at radius 3 is 2.80 bits per heavy atom. The molecule has 20 heavy (non-hydrogen) atoms. The van der Waals surface area contributed by atoms with Crippen molar-refractivity contribution < 1.29 is 23.5 Å². The number of ether oxygens (including phenoxy) is 2. The Bertz CT molecular complexity index is 745. The lowest BCUT2D eigenvalue weighted by Crippen LogP contribution is -2.25. The molecule has 6 heteroatoms. The van der Waals surface area contributed by atoms with Gasteiger partial charge in [0.05, 0.1) is 6.61 Å². The molecular weight excluding hydrogens is 264 g/mol. The van der Waals surface area contributed by atoms with E-state index >= 15 is 0 Å². The van der Waals surface area contributed by atoms with Gasteiger partial charge in [0.25, 0.3) is 0 Å². The van der Waals surface area contributed by atoms with Gasteiger partial charge in [-0.05, 0) is 12.1 Å². The molecule has 0 radical (unpaired) electrons. The fourth-order valence-electron chi connectivity index (χ4n) is 1.98. The largest absolute Gasteiger partial charge is 0.463 e. The molecule has 1 aromatic heterocycles. The summed E-state index contributed by atoms with van der Waals surface area (Å²) in [5.74, 6) is -1.48. The van der Waals surface area contributed by atoms with Crippen LogP contribution in [0.1, 0.15) is 16.8 Å². The Kier molecular flexibility index (Phi) is 2.98. The topological polar surface area (TPSA) is 82.8 Å². The fraction of sp³-hybridized carbons (Fsp3) is 0.214. The zero-order valence-corrected chi connectivity index (χ0v) is 10.3. The lowest BCUT2D eigenvalue weighted by atomic mass is 10.2. The van der Waals surface area contributed by atoms with Crippen LogP contribution in [-0.2, 0) is 14.3 Å². The van der Waals surface area contributed by atoms with E-state index in [1.165, 1.54) is 6.07 Å². The molecule has 1 atom stereocenters. The van der Waals surface area contributed by atoms with Crippen LogP contribution in [0.25, 0.3) is 11.0 Å². The van der Waals surface area contributed by atoms with Crippen LogP contribution in [0.3, 0.4) is 0 Å². The van der Waals surface area contributed by atoms with Crippen molar-refractivity contribution in [2.75, 3.05) is 6.61 Å². The van der Waals surface area contributed by atoms with Gasteiger partial charge in [-0.15, -0.1) is 0 Å². The van der Waals surface area contributed by atoms with E-state index in [9.17, 15) is 14.4 Å². The van der Waals surface area contributed by atoms with Crippen molar-refractivity contribution >= 4 is 22.9 Å². The van der Waals surface area contributed by atoms with Crippen molar-refractivity contribution in [1.29, 1.82) is 0 Å². The Hall–Kier alpha value is -2.63. The van der Waals surface area contributed by atoms with Crippen LogP contribution in [-0.4, -0.2) is 24.6 Å². The van der Waals surface area contributed by atoms with Crippen LogP contribution in [0, 0.1) is 0 Å². The van der Waals surface area contributed by atoms with Crippen molar-refractivity contribution in [2.24, 2.45) is 0 Å². The highest BCUT2D eigenvalue weighted by Crippen LogP contribution is 2.15. The molecule has 2 heterocycles. The third-order valence-electron chi connectivity index (χ3n) is 3.00. The molecule has 1 aromatic carbocycles. The Balaban J connectivity index is 1.93. The summed E-state index contributed by atoms with van der Waals surface area (Å²) in [6, 6.07) is 8.20. The summed E-state index contributed by atoms with van der Waals surface area (Å²) in [5, 5.41) is 0.605. The summed E-state index contributed by atoms with van der Waals surface area (Å²) in [4.78, 5) is 34.9. The number of rotatable bonds is 2. The first-order chi connectivity index (χ1) is 9.65. The second-order valence-electron chi connectivity index (χ2n) is 4.34. The SMILES string of the molecule is O=C(OC1CCOC1=O)c1cc2ccccc2oc1=O. The predicted octanol–water partition coefficient (Wildman–Crippen LogP) is 1.27. The Labute approximate surface area is 112 Å². The minimum Gasteiger partial charge on any atom is -0.463 e. The quantitative estimate of drug-likeness (QED) is 0.605. The molecule has 3 rings (SSSR count). The van der Waals surface area contributed by atoms with E-state index in [-0.39, 0.29) is 12.2 Å². The van der Waals surface area contributed by atoms with Crippen molar-refractivity contribution in [1.82, 2.24) is 0 Å². The number of para-hydroxylation sites is 1. The highest BCUT2D eigenvalue weighted by molar-refractivity contribution is 5.94. The van der Waals surface area contributed by atoms with Crippen LogP contribution in [0.4, 0.5) is 0 Å². The summed E-state index contributed by atoms with van der Waals surface area (Å²) in [6.07, 6.45) is -0.655. The predicted molar refractivity (Wildman–Crippen MR) is 67.3 cm³/mol. The standard InChI is InChI=1S/C14H10O6/c15-12-9(7-8-3-1-2-4-10(8)19-12)13(16)20-11-5-6-18-14(11)17/h1-4,7,11H,5-6H2. The van der Waals surface area contributed by atoms with E-state index in [1.807, 2.05) is 0 Å². The molecule has 1 aliphatic rings. The average molecular weight is 274 g/mol. The van der Waals surface area contributed by atoms with E-state index in [4.69, 9.17) is 9.15 Å². The smallest absolute Gasteiger partial charge is 0.351 e. The summed E-state index contributed by atoms with van der Waals surface area (Å²) in [7, 11) is 0. The van der Waals surface area contributed by atoms with E-state index in [1.54, 1.807) is 24.3 Å². The third kappa shape index (κ3) is 2.16. The van der Waals surface area contributed by atoms with Gasteiger partial charge in [0.1, 0.15) is 11.1 Å². The van der Waals surface area contributed by atoms with Gasteiger partial charge in [-0.3, -0.25) is 0 Å². The number of esters is 2. The van der Waals surface area contributed by atoms with Gasteiger partial charge in [-0.2, -0.15) is 0 Å². The number of carbonyl (C=O) groups is 2. The molecule has 0 aliphatic carbocycles. The zero-order chi connectivity index (χ0) is 14.1. The zero-order valence-electron chi connectivity index (χ0n) is 10.3. The van der Waals surface area contributed by atoms with E-state index < -0.39 is 23.7 Å². The van der Waals surface area contributed by atoms with Gasteiger partial charge in [-0.1, -0.05) is 18.2 Å². The van der Waals surface area contributed by atoms with Gasteiger partial charge in [0.15, 0.2) is 0 Å². The first-order valence-corrected chi connectivity index (χ1v) is 6.05. The second-order valence-corrected chi connectivity index (χ2v) is 4.34. The molecule has 0 bridgehead atoms. The molecule has 0 amide bonds. The molecule has 1 unspecified atom stereocenters. The number of benzene rings is 1. The van der Waals surface area contributed by atoms with Gasteiger partial charge >= 0.3 is 17.6 Å². The van der Waals surface area contributed by atoms with E-state index in [0.29, 0.717) is 17.4 Å². The molecule has 0 N–H and O–H groups in total. The maximum Gasteiger partial charge on any atom is 0.351 e. The van der Waals surface area contributed by atoms with Crippen LogP contribution in [0.5, 0.6) is 0 Å². The van der Waals surface area contributed by atoms with Crippen LogP contribution >= 0.6 is 0 Å². The molecule has 1 aliphatic heterocycles. The number of hydrogen-bond donors (Lipinski definition) is 0. The van der Waals surface area contributed by atoms with Crippen LogP contribution in [0.2, 0.25) is 0 Å². The summed E-state index contributed by atoms with van der Waals surface area (Å²) < 4.78 is 14.7.